The van der Waals surface area contributed by atoms with Crippen molar-refractivity contribution in [2.45, 2.75) is 13.5 Å². The van der Waals surface area contributed by atoms with Crippen molar-refractivity contribution < 1.29 is 19.1 Å². The van der Waals surface area contributed by atoms with Crippen LogP contribution >= 0.6 is 0 Å². The predicted octanol–water partition coefficient (Wildman–Crippen LogP) is 4.35. The van der Waals surface area contributed by atoms with Gasteiger partial charge in [-0.05, 0) is 31.2 Å². The van der Waals surface area contributed by atoms with Gasteiger partial charge in [-0.15, -0.1) is 0 Å². The van der Waals surface area contributed by atoms with E-state index in [0.29, 0.717) is 11.4 Å². The van der Waals surface area contributed by atoms with Crippen LogP contribution in [0.25, 0.3) is 43.6 Å². The summed E-state index contributed by atoms with van der Waals surface area (Å²) in [5.74, 6) is -0.821. The van der Waals surface area contributed by atoms with Gasteiger partial charge in [-0.1, -0.05) is 12.1 Å². The second kappa shape index (κ2) is 6.13. The summed E-state index contributed by atoms with van der Waals surface area (Å²) >= 11 is 0. The molecule has 0 aliphatic carbocycles. The predicted molar refractivity (Wildman–Crippen MR) is 112 cm³/mol. The van der Waals surface area contributed by atoms with E-state index in [1.165, 1.54) is 14.2 Å². The van der Waals surface area contributed by atoms with Crippen molar-refractivity contribution in [2.75, 3.05) is 14.2 Å². The van der Waals surface area contributed by atoms with Crippen molar-refractivity contribution in [3.63, 3.8) is 0 Å². The van der Waals surface area contributed by atoms with Gasteiger partial charge in [0.05, 0.1) is 36.3 Å². The van der Waals surface area contributed by atoms with E-state index in [1.807, 2.05) is 12.1 Å². The average molecular weight is 389 g/mol. The van der Waals surface area contributed by atoms with Gasteiger partial charge in [0.1, 0.15) is 11.4 Å². The second-order valence-electron chi connectivity index (χ2n) is 6.94. The Labute approximate surface area is 165 Å². The number of nitrogens with zero attached hydrogens (tertiary/aromatic N) is 1. The van der Waals surface area contributed by atoms with Gasteiger partial charge >= 0.3 is 11.9 Å². The summed E-state index contributed by atoms with van der Waals surface area (Å²) in [4.78, 5) is 30.6. The molecule has 0 atom stereocenters. The van der Waals surface area contributed by atoms with E-state index < -0.39 is 11.9 Å². The highest BCUT2D eigenvalue weighted by molar-refractivity contribution is 6.27. The third-order valence-electron chi connectivity index (χ3n) is 5.51. The summed E-state index contributed by atoms with van der Waals surface area (Å²) in [6.45, 7) is 2.88. The first kappa shape index (κ1) is 17.4. The highest BCUT2D eigenvalue weighted by atomic mass is 16.5. The Morgan fingerprint density at radius 1 is 0.828 bits per heavy atom. The minimum Gasteiger partial charge on any atom is -0.464 e. The van der Waals surface area contributed by atoms with Crippen LogP contribution in [0.15, 0.2) is 36.4 Å². The number of H-pyrrole nitrogens is 2. The topological polar surface area (TPSA) is 89.1 Å². The molecule has 0 aliphatic heterocycles. The molecule has 7 heteroatoms. The first-order valence-electron chi connectivity index (χ1n) is 9.33. The third kappa shape index (κ3) is 2.30. The minimum atomic E-state index is -0.411. The SMILES string of the molecule is CCn1c2ccc3cc(C(=O)OC)[nH]c3c2c2c3[nH]c(C(=O)OC)cc3ccc21. The van der Waals surface area contributed by atoms with Crippen molar-refractivity contribution in [3.8, 4) is 0 Å². The number of rotatable bonds is 3. The van der Waals surface area contributed by atoms with Crippen LogP contribution in [0, 0.1) is 0 Å². The molecule has 0 aliphatic rings. The number of aromatic amines is 2. The number of aromatic nitrogens is 3. The average Bonchev–Trinajstić information content (AvgIpc) is 3.43. The van der Waals surface area contributed by atoms with Crippen LogP contribution in [-0.2, 0) is 16.0 Å². The molecule has 5 aromatic rings. The van der Waals surface area contributed by atoms with Crippen LogP contribution in [0.1, 0.15) is 27.9 Å². The van der Waals surface area contributed by atoms with Gasteiger partial charge in [-0.25, -0.2) is 9.59 Å². The smallest absolute Gasteiger partial charge is 0.354 e. The molecule has 29 heavy (non-hydrogen) atoms. The summed E-state index contributed by atoms with van der Waals surface area (Å²) in [6.07, 6.45) is 0. The number of hydrogen-bond donors (Lipinski definition) is 2. The lowest BCUT2D eigenvalue weighted by molar-refractivity contribution is 0.0586. The van der Waals surface area contributed by atoms with E-state index in [-0.39, 0.29) is 0 Å². The van der Waals surface area contributed by atoms with E-state index in [2.05, 4.69) is 33.6 Å². The fraction of sp³-hybridized carbons (Fsp3) is 0.182. The van der Waals surface area contributed by atoms with Gasteiger partial charge in [0.2, 0.25) is 0 Å². The van der Waals surface area contributed by atoms with E-state index in [4.69, 9.17) is 9.47 Å². The summed E-state index contributed by atoms with van der Waals surface area (Å²) in [5, 5.41) is 3.84. The Balaban J connectivity index is 1.97. The molecule has 2 aromatic carbocycles. The molecule has 0 saturated carbocycles. The maximum absolute atomic E-state index is 12.1. The number of carbonyl (C=O) groups is 2. The summed E-state index contributed by atoms with van der Waals surface area (Å²) < 4.78 is 12.0. The second-order valence-corrected chi connectivity index (χ2v) is 6.94. The molecule has 0 radical (unpaired) electrons. The number of fused-ring (bicyclic) bond motifs is 7. The van der Waals surface area contributed by atoms with Gasteiger partial charge < -0.3 is 24.0 Å². The summed E-state index contributed by atoms with van der Waals surface area (Å²) in [7, 11) is 2.73. The van der Waals surface area contributed by atoms with Crippen molar-refractivity contribution >= 4 is 55.6 Å². The molecule has 2 N–H and O–H groups in total. The molecule has 0 bridgehead atoms. The molecular formula is C22H19N3O4. The van der Waals surface area contributed by atoms with Crippen LogP contribution in [0.3, 0.4) is 0 Å². The summed E-state index contributed by atoms with van der Waals surface area (Å²) in [6, 6.07) is 11.7. The van der Waals surface area contributed by atoms with Gasteiger partial charge in [-0.3, -0.25) is 0 Å². The van der Waals surface area contributed by atoms with Gasteiger partial charge in [0, 0.05) is 28.1 Å². The number of benzene rings is 2. The van der Waals surface area contributed by atoms with Gasteiger partial charge in [-0.2, -0.15) is 0 Å². The maximum atomic E-state index is 12.1. The molecule has 5 rings (SSSR count). The van der Waals surface area contributed by atoms with Crippen molar-refractivity contribution in [2.24, 2.45) is 0 Å². The molecular weight excluding hydrogens is 370 g/mol. The number of esters is 2. The zero-order valence-corrected chi connectivity index (χ0v) is 16.3. The first-order chi connectivity index (χ1) is 14.1. The lowest BCUT2D eigenvalue weighted by Crippen LogP contribution is -2.00. The van der Waals surface area contributed by atoms with Crippen molar-refractivity contribution in [1.82, 2.24) is 14.5 Å². The number of methoxy groups -OCH3 is 2. The highest BCUT2D eigenvalue weighted by Gasteiger charge is 2.20. The summed E-state index contributed by atoms with van der Waals surface area (Å²) in [5.41, 5.74) is 4.64. The largest absolute Gasteiger partial charge is 0.464 e. The molecule has 0 fully saturated rings. The quantitative estimate of drug-likeness (QED) is 0.449. The first-order valence-corrected chi connectivity index (χ1v) is 9.33. The Hall–Kier alpha value is -3.74. The third-order valence-corrected chi connectivity index (χ3v) is 5.51. The molecule has 3 heterocycles. The van der Waals surface area contributed by atoms with Crippen LogP contribution in [0.4, 0.5) is 0 Å². The van der Waals surface area contributed by atoms with E-state index >= 15 is 0 Å². The lowest BCUT2D eigenvalue weighted by atomic mass is 10.1. The van der Waals surface area contributed by atoms with Crippen LogP contribution in [-0.4, -0.2) is 40.7 Å². The zero-order chi connectivity index (χ0) is 20.3. The van der Waals surface area contributed by atoms with Crippen molar-refractivity contribution in [3.05, 3.63) is 47.8 Å². The molecule has 0 spiro atoms. The number of aryl methyl sites for hydroxylation is 1. The minimum absolute atomic E-state index is 0.404. The molecule has 0 saturated heterocycles. The molecule has 3 aromatic heterocycles. The Morgan fingerprint density at radius 3 is 1.66 bits per heavy atom. The standard InChI is InChI=1S/C22H19N3O4/c1-4-25-15-7-5-11-9-13(21(26)28-2)23-19(11)17(15)18-16(25)8-6-12-10-14(22(27)29-3)24-20(12)18/h5-10,23-24H,4H2,1-3H3. The number of hydrogen-bond acceptors (Lipinski definition) is 4. The fourth-order valence-electron chi connectivity index (χ4n) is 4.24. The monoisotopic (exact) mass is 389 g/mol. The number of ether oxygens (including phenoxy) is 2. The van der Waals surface area contributed by atoms with Crippen LogP contribution in [0.5, 0.6) is 0 Å². The fourth-order valence-corrected chi connectivity index (χ4v) is 4.24. The Bertz CT molecular complexity index is 1340. The molecule has 0 unspecified atom stereocenters. The zero-order valence-electron chi connectivity index (χ0n) is 16.3. The van der Waals surface area contributed by atoms with E-state index in [9.17, 15) is 9.59 Å². The molecule has 146 valence electrons. The molecule has 7 nitrogen and oxygen atoms in total. The van der Waals surface area contributed by atoms with Gasteiger partial charge in [0.25, 0.3) is 0 Å². The number of nitrogens with one attached hydrogen (secondary N) is 2. The van der Waals surface area contributed by atoms with Crippen molar-refractivity contribution in [1.29, 1.82) is 0 Å². The molecule has 0 amide bonds. The van der Waals surface area contributed by atoms with E-state index in [1.54, 1.807) is 12.1 Å². The highest BCUT2D eigenvalue weighted by Crippen LogP contribution is 2.38. The van der Waals surface area contributed by atoms with Gasteiger partial charge in [0.15, 0.2) is 0 Å². The normalized spacial score (nSPS) is 11.7. The van der Waals surface area contributed by atoms with Crippen LogP contribution < -0.4 is 0 Å². The Morgan fingerprint density at radius 2 is 1.28 bits per heavy atom. The lowest BCUT2D eigenvalue weighted by Gasteiger charge is -2.02. The van der Waals surface area contributed by atoms with Crippen LogP contribution in [0.2, 0.25) is 0 Å². The Kier molecular flexibility index (Phi) is 3.67. The number of carbonyl (C=O) groups excluding carboxylic acids is 2. The maximum Gasteiger partial charge on any atom is 0.354 e. The van der Waals surface area contributed by atoms with E-state index in [0.717, 1.165) is 50.2 Å².